The van der Waals surface area contributed by atoms with Crippen molar-refractivity contribution < 1.29 is 52.5 Å². The van der Waals surface area contributed by atoms with Gasteiger partial charge in [0.15, 0.2) is 5.78 Å². The Balaban J connectivity index is 6.37. The van der Waals surface area contributed by atoms with Crippen LogP contribution in [0.4, 0.5) is 14.4 Å². The molecule has 0 fully saturated rings. The van der Waals surface area contributed by atoms with Crippen molar-refractivity contribution in [2.45, 2.75) is 207 Å². The fourth-order valence-corrected chi connectivity index (χ4v) is 5.89. The van der Waals surface area contributed by atoms with Crippen molar-refractivity contribution >= 4 is 41.8 Å². The molecular weight excluding hydrogens is 762 g/mol. The number of carbonyl (C=O) groups excluding carboxylic acids is 7. The normalized spacial score (nSPS) is 13.8. The summed E-state index contributed by atoms with van der Waals surface area (Å²) in [6, 6.07) is -2.93. The number of nitrogens with one attached hydrogen (secondary N) is 5. The molecule has 5 amide bonds. The smallest absolute Gasteiger partial charge is 0.408 e. The van der Waals surface area contributed by atoms with Gasteiger partial charge in [0.05, 0.1) is 13.2 Å². The molecule has 0 spiro atoms. The molecule has 0 aromatic heterocycles. The molecule has 0 radical (unpaired) electrons. The van der Waals surface area contributed by atoms with Crippen LogP contribution in [0, 0.1) is 5.92 Å². The lowest BCUT2D eigenvalue weighted by atomic mass is 9.90. The number of ether oxygens (including phenoxy) is 4. The van der Waals surface area contributed by atoms with Crippen molar-refractivity contribution in [2.75, 3.05) is 20.2 Å². The lowest BCUT2D eigenvalue weighted by Gasteiger charge is -2.26. The highest BCUT2D eigenvalue weighted by Gasteiger charge is 2.32. The number of methoxy groups -OCH3 is 1. The van der Waals surface area contributed by atoms with Crippen molar-refractivity contribution in [3.05, 3.63) is 0 Å². The summed E-state index contributed by atoms with van der Waals surface area (Å²) in [6.07, 6.45) is 5.57. The summed E-state index contributed by atoms with van der Waals surface area (Å²) in [6.45, 7) is 20.3. The number of Topliss-reactive ketones (excluding diaryl/α,β-unsaturated/α-hetero) is 1. The van der Waals surface area contributed by atoms with E-state index in [2.05, 4.69) is 26.6 Å². The zero-order valence-corrected chi connectivity index (χ0v) is 38.3. The molecular formula is C43H79N5O11. The molecule has 0 aromatic carbocycles. The number of carbonyl (C=O) groups is 7. The van der Waals surface area contributed by atoms with E-state index in [1.165, 1.54) is 7.11 Å². The van der Waals surface area contributed by atoms with Crippen LogP contribution >= 0.6 is 0 Å². The van der Waals surface area contributed by atoms with E-state index < -0.39 is 82.7 Å². The summed E-state index contributed by atoms with van der Waals surface area (Å²) < 4.78 is 21.0. The van der Waals surface area contributed by atoms with E-state index in [0.29, 0.717) is 51.4 Å². The first-order valence-corrected chi connectivity index (χ1v) is 21.6. The van der Waals surface area contributed by atoms with Gasteiger partial charge in [-0.3, -0.25) is 14.4 Å². The van der Waals surface area contributed by atoms with Gasteiger partial charge in [-0.25, -0.2) is 19.2 Å². The topological polar surface area (TPSA) is 217 Å². The van der Waals surface area contributed by atoms with Crippen LogP contribution in [-0.4, -0.2) is 97.0 Å². The van der Waals surface area contributed by atoms with Crippen molar-refractivity contribution in [1.82, 2.24) is 26.6 Å². The lowest BCUT2D eigenvalue weighted by molar-refractivity contribution is -0.146. The molecule has 2 unspecified atom stereocenters. The molecule has 0 rings (SSSR count). The molecule has 0 aliphatic heterocycles. The van der Waals surface area contributed by atoms with E-state index in [1.54, 1.807) is 62.3 Å². The predicted octanol–water partition coefficient (Wildman–Crippen LogP) is 7.15. The van der Waals surface area contributed by atoms with Gasteiger partial charge in [0.1, 0.15) is 28.9 Å². The zero-order chi connectivity index (χ0) is 45.2. The molecule has 5 N–H and O–H groups in total. The Kier molecular flexibility index (Phi) is 26.4. The van der Waals surface area contributed by atoms with E-state index in [-0.39, 0.29) is 32.4 Å². The third-order valence-corrected chi connectivity index (χ3v) is 8.76. The number of amides is 5. The molecule has 59 heavy (non-hydrogen) atoms. The molecule has 0 aromatic rings. The van der Waals surface area contributed by atoms with E-state index in [4.69, 9.17) is 18.9 Å². The highest BCUT2D eigenvalue weighted by atomic mass is 16.6. The maximum atomic E-state index is 14.3. The van der Waals surface area contributed by atoms with Gasteiger partial charge in [0.2, 0.25) is 11.8 Å². The van der Waals surface area contributed by atoms with Crippen LogP contribution in [0.3, 0.4) is 0 Å². The van der Waals surface area contributed by atoms with Crippen molar-refractivity contribution in [3.63, 3.8) is 0 Å². The fourth-order valence-electron chi connectivity index (χ4n) is 5.89. The Morgan fingerprint density at radius 3 is 1.34 bits per heavy atom. The Bertz CT molecular complexity index is 1300. The van der Waals surface area contributed by atoms with Crippen LogP contribution in [-0.2, 0) is 38.1 Å². The van der Waals surface area contributed by atoms with Gasteiger partial charge in [0, 0.05) is 25.4 Å². The molecule has 0 aliphatic carbocycles. The highest BCUT2D eigenvalue weighted by Crippen LogP contribution is 2.19. The Hall–Kier alpha value is -4.11. The average Bonchev–Trinajstić information content (AvgIpc) is 3.10. The van der Waals surface area contributed by atoms with Gasteiger partial charge in [0.25, 0.3) is 0 Å². The average molecular weight is 842 g/mol. The van der Waals surface area contributed by atoms with Gasteiger partial charge >= 0.3 is 24.2 Å². The van der Waals surface area contributed by atoms with Crippen molar-refractivity contribution in [1.29, 1.82) is 0 Å². The van der Waals surface area contributed by atoms with E-state index >= 15 is 0 Å². The second-order valence-electron chi connectivity index (χ2n) is 18.1. The SMILES string of the molecule is CCCCCC(NC(=O)C(CCCCNC(=O)OC(C)(C)C)CC(=O)[C@H](CCCCNC(=O)OC(C)(C)C)NC(=O)[C@H](CCCCC)NC(=O)OC(C)(C)C)C(=O)OC. The van der Waals surface area contributed by atoms with Crippen LogP contribution in [0.15, 0.2) is 0 Å². The highest BCUT2D eigenvalue weighted by molar-refractivity contribution is 5.95. The van der Waals surface area contributed by atoms with Crippen LogP contribution in [0.2, 0.25) is 0 Å². The molecule has 0 heterocycles. The predicted molar refractivity (Wildman–Crippen MR) is 227 cm³/mol. The van der Waals surface area contributed by atoms with Crippen LogP contribution in [0.5, 0.6) is 0 Å². The maximum Gasteiger partial charge on any atom is 0.408 e. The molecule has 16 nitrogen and oxygen atoms in total. The summed E-state index contributed by atoms with van der Waals surface area (Å²) in [4.78, 5) is 91.9. The second-order valence-corrected chi connectivity index (χ2v) is 18.1. The number of ketones is 1. The minimum Gasteiger partial charge on any atom is -0.467 e. The molecule has 0 bridgehead atoms. The Morgan fingerprint density at radius 1 is 0.475 bits per heavy atom. The molecule has 16 heteroatoms. The summed E-state index contributed by atoms with van der Waals surface area (Å²) in [7, 11) is 1.25. The molecule has 0 saturated heterocycles. The van der Waals surface area contributed by atoms with Crippen LogP contribution < -0.4 is 26.6 Å². The third kappa shape index (κ3) is 28.9. The molecule has 0 saturated carbocycles. The molecule has 342 valence electrons. The number of hydrogen-bond acceptors (Lipinski definition) is 11. The number of rotatable bonds is 27. The van der Waals surface area contributed by atoms with Gasteiger partial charge in [-0.2, -0.15) is 0 Å². The first kappa shape index (κ1) is 54.9. The lowest BCUT2D eigenvalue weighted by Crippen LogP contribution is -2.52. The quantitative estimate of drug-likeness (QED) is 0.0318. The number of esters is 1. The van der Waals surface area contributed by atoms with Crippen molar-refractivity contribution in [2.24, 2.45) is 5.92 Å². The van der Waals surface area contributed by atoms with E-state index in [9.17, 15) is 33.6 Å². The maximum absolute atomic E-state index is 14.3. The first-order valence-electron chi connectivity index (χ1n) is 21.6. The van der Waals surface area contributed by atoms with Crippen LogP contribution in [0.1, 0.15) is 172 Å². The Morgan fingerprint density at radius 2 is 0.881 bits per heavy atom. The number of hydrogen-bond donors (Lipinski definition) is 5. The molecule has 0 aliphatic rings. The standard InChI is InChI=1S/C43H79N5O11/c1-13-15-17-25-32(48-40(55)59-43(9,10)11)36(51)46-31(24-20-22-28-45-39(54)58-42(6,7)8)34(49)29-30(23-19-21-27-44-38(53)57-41(3,4)5)35(50)47-33(37(52)56-12)26-18-16-14-2/h30-33H,13-29H2,1-12H3,(H,44,53)(H,45,54)(H,46,51)(H,47,50)(H,48,55)/t30?,31-,32-,33?/m0/s1. The summed E-state index contributed by atoms with van der Waals surface area (Å²) in [5, 5.41) is 13.7. The van der Waals surface area contributed by atoms with Gasteiger partial charge in [-0.15, -0.1) is 0 Å². The second kappa shape index (κ2) is 28.4. The van der Waals surface area contributed by atoms with E-state index in [0.717, 1.165) is 25.7 Å². The monoisotopic (exact) mass is 842 g/mol. The summed E-state index contributed by atoms with van der Waals surface area (Å²) in [5.74, 6) is -2.93. The minimum atomic E-state index is -1.04. The van der Waals surface area contributed by atoms with Gasteiger partial charge in [-0.05, 0) is 107 Å². The van der Waals surface area contributed by atoms with Crippen molar-refractivity contribution in [3.8, 4) is 0 Å². The third-order valence-electron chi connectivity index (χ3n) is 8.76. The summed E-state index contributed by atoms with van der Waals surface area (Å²) >= 11 is 0. The van der Waals surface area contributed by atoms with Crippen LogP contribution in [0.25, 0.3) is 0 Å². The van der Waals surface area contributed by atoms with E-state index in [1.807, 2.05) is 13.8 Å². The Labute approximate surface area is 353 Å². The largest absolute Gasteiger partial charge is 0.467 e. The number of alkyl carbamates (subject to hydrolysis) is 3. The summed E-state index contributed by atoms with van der Waals surface area (Å²) in [5.41, 5.74) is -2.13. The van der Waals surface area contributed by atoms with Gasteiger partial charge < -0.3 is 45.5 Å². The first-order chi connectivity index (χ1) is 27.4. The number of unbranched alkanes of at least 4 members (excludes halogenated alkanes) is 6. The van der Waals surface area contributed by atoms with Gasteiger partial charge in [-0.1, -0.05) is 58.8 Å². The fraction of sp³-hybridized carbons (Fsp3) is 0.837. The zero-order valence-electron chi connectivity index (χ0n) is 38.3. The minimum absolute atomic E-state index is 0.185. The molecule has 4 atom stereocenters.